The second-order valence-electron chi connectivity index (χ2n) is 4.05. The molecular formula is C12H14N4OS2. The zero-order chi connectivity index (χ0) is 13.8. The minimum absolute atomic E-state index is 0.0185. The summed E-state index contributed by atoms with van der Waals surface area (Å²) < 4.78 is 0.696. The molecule has 0 saturated heterocycles. The molecule has 0 fully saturated rings. The molecule has 2 aromatic rings. The molecule has 1 amide bonds. The van der Waals surface area contributed by atoms with Crippen LogP contribution in [0, 0.1) is 0 Å². The van der Waals surface area contributed by atoms with Crippen LogP contribution in [0.15, 0.2) is 34.7 Å². The van der Waals surface area contributed by atoms with Crippen LogP contribution in [-0.4, -0.2) is 35.1 Å². The lowest BCUT2D eigenvalue weighted by molar-refractivity contribution is -0.128. The van der Waals surface area contributed by atoms with Gasteiger partial charge < -0.3 is 10.6 Å². The van der Waals surface area contributed by atoms with Gasteiger partial charge in [-0.1, -0.05) is 53.4 Å². The average molecular weight is 294 g/mol. The number of nitrogens with two attached hydrogens (primary N) is 1. The van der Waals surface area contributed by atoms with E-state index in [1.165, 1.54) is 23.1 Å². The van der Waals surface area contributed by atoms with Gasteiger partial charge in [0.1, 0.15) is 5.25 Å². The van der Waals surface area contributed by atoms with Gasteiger partial charge in [0.25, 0.3) is 0 Å². The predicted octanol–water partition coefficient (Wildman–Crippen LogP) is 2.04. The van der Waals surface area contributed by atoms with Crippen LogP contribution in [0.2, 0.25) is 0 Å². The van der Waals surface area contributed by atoms with Crippen molar-refractivity contribution in [2.45, 2.75) is 9.59 Å². The third-order valence-corrected chi connectivity index (χ3v) is 4.49. The maximum atomic E-state index is 12.3. The molecule has 1 heterocycles. The molecule has 0 aliphatic heterocycles. The van der Waals surface area contributed by atoms with E-state index < -0.39 is 0 Å². The van der Waals surface area contributed by atoms with E-state index in [0.717, 1.165) is 5.56 Å². The highest BCUT2D eigenvalue weighted by Crippen LogP contribution is 2.38. The summed E-state index contributed by atoms with van der Waals surface area (Å²) in [5.74, 6) is 0.0185. The Morgan fingerprint density at radius 3 is 2.53 bits per heavy atom. The lowest BCUT2D eigenvalue weighted by atomic mass is 10.1. The average Bonchev–Trinajstić information content (AvgIpc) is 2.81. The van der Waals surface area contributed by atoms with Crippen LogP contribution in [0.4, 0.5) is 5.13 Å². The third-order valence-electron chi connectivity index (χ3n) is 2.41. The number of aromatic nitrogens is 2. The Morgan fingerprint density at radius 1 is 1.32 bits per heavy atom. The molecule has 1 atom stereocenters. The fourth-order valence-corrected chi connectivity index (χ4v) is 3.47. The summed E-state index contributed by atoms with van der Waals surface area (Å²) in [4.78, 5) is 13.9. The van der Waals surface area contributed by atoms with Crippen molar-refractivity contribution in [1.29, 1.82) is 0 Å². The van der Waals surface area contributed by atoms with Crippen LogP contribution in [0.25, 0.3) is 0 Å². The second-order valence-corrected chi connectivity index (χ2v) is 6.41. The number of hydrogen-bond donors (Lipinski definition) is 1. The van der Waals surface area contributed by atoms with E-state index in [1.807, 2.05) is 30.3 Å². The molecule has 0 aliphatic carbocycles. The van der Waals surface area contributed by atoms with Crippen LogP contribution in [-0.2, 0) is 4.79 Å². The van der Waals surface area contributed by atoms with E-state index in [-0.39, 0.29) is 11.2 Å². The highest BCUT2D eigenvalue weighted by atomic mass is 32.2. The van der Waals surface area contributed by atoms with Crippen molar-refractivity contribution in [2.24, 2.45) is 0 Å². The van der Waals surface area contributed by atoms with E-state index >= 15 is 0 Å². The Balaban J connectivity index is 2.27. The van der Waals surface area contributed by atoms with Crippen molar-refractivity contribution < 1.29 is 4.79 Å². The Labute approximate surface area is 119 Å². The Hall–Kier alpha value is -1.60. The normalized spacial score (nSPS) is 12.1. The number of benzene rings is 1. The lowest BCUT2D eigenvalue weighted by Crippen LogP contribution is -2.26. The number of nitrogens with zero attached hydrogens (tertiary/aromatic N) is 3. The molecule has 0 unspecified atom stereocenters. The summed E-state index contributed by atoms with van der Waals surface area (Å²) >= 11 is 2.66. The number of rotatable bonds is 4. The Kier molecular flexibility index (Phi) is 4.39. The number of carbonyl (C=O) groups excluding carboxylic acids is 1. The zero-order valence-electron chi connectivity index (χ0n) is 10.6. The Bertz CT molecular complexity index is 556. The third kappa shape index (κ3) is 3.45. The summed E-state index contributed by atoms with van der Waals surface area (Å²) in [5.41, 5.74) is 6.51. The summed E-state index contributed by atoms with van der Waals surface area (Å²) in [7, 11) is 3.49. The molecule has 0 spiro atoms. The van der Waals surface area contributed by atoms with Gasteiger partial charge in [0, 0.05) is 14.1 Å². The molecule has 5 nitrogen and oxygen atoms in total. The van der Waals surface area contributed by atoms with Gasteiger partial charge in [-0.2, -0.15) is 0 Å². The van der Waals surface area contributed by atoms with Gasteiger partial charge in [-0.05, 0) is 5.56 Å². The van der Waals surface area contributed by atoms with E-state index in [2.05, 4.69) is 10.2 Å². The van der Waals surface area contributed by atoms with Crippen molar-refractivity contribution in [3.8, 4) is 0 Å². The van der Waals surface area contributed by atoms with Crippen molar-refractivity contribution >= 4 is 34.1 Å². The summed E-state index contributed by atoms with van der Waals surface area (Å²) in [6, 6.07) is 9.63. The summed E-state index contributed by atoms with van der Waals surface area (Å²) in [6.07, 6.45) is 0. The fraction of sp³-hybridized carbons (Fsp3) is 0.250. The monoisotopic (exact) mass is 294 g/mol. The standard InChI is InChI=1S/C12H14N4OS2/c1-16(2)10(17)9(8-6-4-3-5-7-8)18-12-15-14-11(13)19-12/h3-7,9H,1-2H3,(H2,13,14)/t9-/m1/s1. The number of carbonyl (C=O) groups is 1. The molecule has 2 rings (SSSR count). The fourth-order valence-electron chi connectivity index (χ4n) is 1.49. The molecular weight excluding hydrogens is 280 g/mol. The minimum atomic E-state index is -0.330. The van der Waals surface area contributed by atoms with Crippen LogP contribution < -0.4 is 5.73 Å². The number of hydrogen-bond acceptors (Lipinski definition) is 6. The first-order chi connectivity index (χ1) is 9.08. The van der Waals surface area contributed by atoms with Gasteiger partial charge in [0.15, 0.2) is 4.34 Å². The van der Waals surface area contributed by atoms with Gasteiger partial charge in [-0.25, -0.2) is 0 Å². The molecule has 1 aromatic heterocycles. The molecule has 1 aromatic carbocycles. The summed E-state index contributed by atoms with van der Waals surface area (Å²) in [6.45, 7) is 0. The van der Waals surface area contributed by atoms with Crippen molar-refractivity contribution in [3.05, 3.63) is 35.9 Å². The van der Waals surface area contributed by atoms with Crippen molar-refractivity contribution in [3.63, 3.8) is 0 Å². The van der Waals surface area contributed by atoms with Gasteiger partial charge in [-0.3, -0.25) is 4.79 Å². The van der Waals surface area contributed by atoms with E-state index in [1.54, 1.807) is 19.0 Å². The number of anilines is 1. The SMILES string of the molecule is CN(C)C(=O)[C@H](Sc1nnc(N)s1)c1ccccc1. The first kappa shape index (κ1) is 13.8. The topological polar surface area (TPSA) is 72.1 Å². The van der Waals surface area contributed by atoms with Gasteiger partial charge >= 0.3 is 0 Å². The molecule has 19 heavy (non-hydrogen) atoms. The van der Waals surface area contributed by atoms with Gasteiger partial charge in [0.2, 0.25) is 11.0 Å². The molecule has 7 heteroatoms. The van der Waals surface area contributed by atoms with Gasteiger partial charge in [-0.15, -0.1) is 10.2 Å². The smallest absolute Gasteiger partial charge is 0.240 e. The summed E-state index contributed by atoms with van der Waals surface area (Å²) in [5, 5.41) is 7.81. The first-order valence-corrected chi connectivity index (χ1v) is 7.29. The number of nitrogen functional groups attached to an aromatic ring is 1. The van der Waals surface area contributed by atoms with E-state index in [9.17, 15) is 4.79 Å². The molecule has 0 aliphatic rings. The number of amides is 1. The van der Waals surface area contributed by atoms with Crippen LogP contribution >= 0.6 is 23.1 Å². The largest absolute Gasteiger partial charge is 0.374 e. The molecule has 2 N–H and O–H groups in total. The minimum Gasteiger partial charge on any atom is -0.374 e. The first-order valence-electron chi connectivity index (χ1n) is 5.59. The van der Waals surface area contributed by atoms with Crippen molar-refractivity contribution in [2.75, 3.05) is 19.8 Å². The van der Waals surface area contributed by atoms with Crippen LogP contribution in [0.1, 0.15) is 10.8 Å². The highest BCUT2D eigenvalue weighted by molar-refractivity contribution is 8.01. The van der Waals surface area contributed by atoms with Crippen LogP contribution in [0.5, 0.6) is 0 Å². The quantitative estimate of drug-likeness (QED) is 0.874. The molecule has 0 saturated carbocycles. The highest BCUT2D eigenvalue weighted by Gasteiger charge is 2.25. The van der Waals surface area contributed by atoms with E-state index in [0.29, 0.717) is 9.47 Å². The zero-order valence-corrected chi connectivity index (χ0v) is 12.2. The number of likely N-dealkylation sites (N-methyl/N-ethyl adjacent to an activating group) is 1. The van der Waals surface area contributed by atoms with Crippen LogP contribution in [0.3, 0.4) is 0 Å². The molecule has 0 bridgehead atoms. The lowest BCUT2D eigenvalue weighted by Gasteiger charge is -2.19. The maximum absolute atomic E-state index is 12.3. The molecule has 100 valence electrons. The second kappa shape index (κ2) is 6.03. The van der Waals surface area contributed by atoms with Gasteiger partial charge in [0.05, 0.1) is 0 Å². The number of thioether (sulfide) groups is 1. The Morgan fingerprint density at radius 2 is 2.00 bits per heavy atom. The van der Waals surface area contributed by atoms with E-state index in [4.69, 9.17) is 5.73 Å². The molecule has 0 radical (unpaired) electrons. The van der Waals surface area contributed by atoms with Crippen molar-refractivity contribution in [1.82, 2.24) is 15.1 Å². The maximum Gasteiger partial charge on any atom is 0.240 e. The predicted molar refractivity (Wildman–Crippen MR) is 78.1 cm³/mol.